The fourth-order valence-corrected chi connectivity index (χ4v) is 2.57. The molecular formula is C13H15BrFNO. The number of rotatable bonds is 4. The van der Waals surface area contributed by atoms with Crippen LogP contribution in [-0.2, 0) is 11.2 Å². The van der Waals surface area contributed by atoms with Crippen molar-refractivity contribution in [2.24, 2.45) is 5.73 Å². The number of benzene rings is 1. The molecule has 0 aliphatic heterocycles. The van der Waals surface area contributed by atoms with Crippen LogP contribution in [0.5, 0.6) is 0 Å². The molecule has 1 aromatic rings. The van der Waals surface area contributed by atoms with Crippen LogP contribution in [0.2, 0.25) is 0 Å². The molecule has 0 radical (unpaired) electrons. The summed E-state index contributed by atoms with van der Waals surface area (Å²) in [5, 5.41) is 0. The second-order valence-corrected chi connectivity index (χ2v) is 5.71. The highest BCUT2D eigenvalue weighted by Crippen LogP contribution is 2.32. The van der Waals surface area contributed by atoms with Crippen LogP contribution >= 0.6 is 15.9 Å². The van der Waals surface area contributed by atoms with E-state index in [9.17, 15) is 9.18 Å². The molecule has 1 aliphatic carbocycles. The summed E-state index contributed by atoms with van der Waals surface area (Å²) in [6, 6.07) is 4.66. The van der Waals surface area contributed by atoms with Crippen LogP contribution in [0.1, 0.15) is 31.2 Å². The van der Waals surface area contributed by atoms with E-state index in [4.69, 9.17) is 5.73 Å². The normalized spacial score (nSPS) is 17.6. The van der Waals surface area contributed by atoms with Crippen molar-refractivity contribution in [3.8, 4) is 0 Å². The molecule has 4 heteroatoms. The molecular weight excluding hydrogens is 285 g/mol. The minimum Gasteiger partial charge on any atom is -0.325 e. The molecule has 17 heavy (non-hydrogen) atoms. The molecule has 1 aromatic carbocycles. The lowest BCUT2D eigenvalue weighted by molar-refractivity contribution is -0.120. The number of nitrogens with two attached hydrogens (primary N) is 1. The number of Topliss-reactive ketones (excluding diaryl/α,β-unsaturated/α-hetero) is 1. The summed E-state index contributed by atoms with van der Waals surface area (Å²) in [5.74, 6) is -0.179. The first-order valence-electron chi connectivity index (χ1n) is 5.73. The van der Waals surface area contributed by atoms with Crippen LogP contribution in [0.25, 0.3) is 0 Å². The molecule has 0 heterocycles. The molecule has 0 bridgehead atoms. The molecule has 2 rings (SSSR count). The van der Waals surface area contributed by atoms with Crippen molar-refractivity contribution in [3.63, 3.8) is 0 Å². The average molecular weight is 300 g/mol. The Bertz CT molecular complexity index is 443. The fraction of sp³-hybridized carbons (Fsp3) is 0.462. The summed E-state index contributed by atoms with van der Waals surface area (Å²) in [6.07, 6.45) is 3.75. The number of hydrogen-bond acceptors (Lipinski definition) is 2. The highest BCUT2D eigenvalue weighted by atomic mass is 79.9. The first-order chi connectivity index (χ1) is 7.98. The number of hydrogen-bond donors (Lipinski definition) is 1. The van der Waals surface area contributed by atoms with Gasteiger partial charge in [0.05, 0.1) is 4.47 Å². The lowest BCUT2D eigenvalue weighted by Crippen LogP contribution is -2.48. The van der Waals surface area contributed by atoms with Crippen LogP contribution in [0, 0.1) is 5.82 Å². The Morgan fingerprint density at radius 2 is 2.18 bits per heavy atom. The predicted octanol–water partition coefficient (Wildman–Crippen LogP) is 2.97. The zero-order valence-electron chi connectivity index (χ0n) is 9.51. The first kappa shape index (κ1) is 12.7. The van der Waals surface area contributed by atoms with Crippen molar-refractivity contribution in [3.05, 3.63) is 34.1 Å². The van der Waals surface area contributed by atoms with Crippen molar-refractivity contribution >= 4 is 21.7 Å². The number of halogens is 2. The summed E-state index contributed by atoms with van der Waals surface area (Å²) in [6.45, 7) is 0. The highest BCUT2D eigenvalue weighted by molar-refractivity contribution is 9.10. The molecule has 1 fully saturated rings. The summed E-state index contributed by atoms with van der Waals surface area (Å²) < 4.78 is 13.4. The van der Waals surface area contributed by atoms with Crippen molar-refractivity contribution in [1.82, 2.24) is 0 Å². The zero-order valence-corrected chi connectivity index (χ0v) is 11.1. The summed E-state index contributed by atoms with van der Waals surface area (Å²) in [5.41, 5.74) is 6.58. The van der Waals surface area contributed by atoms with E-state index in [1.807, 2.05) is 0 Å². The van der Waals surface area contributed by atoms with E-state index in [1.165, 1.54) is 6.07 Å². The van der Waals surface area contributed by atoms with Gasteiger partial charge in [-0.15, -0.1) is 0 Å². The van der Waals surface area contributed by atoms with E-state index in [2.05, 4.69) is 15.9 Å². The average Bonchev–Trinajstić information content (AvgIpc) is 2.21. The largest absolute Gasteiger partial charge is 0.325 e. The van der Waals surface area contributed by atoms with Gasteiger partial charge < -0.3 is 5.73 Å². The molecule has 2 nitrogen and oxygen atoms in total. The lowest BCUT2D eigenvalue weighted by atomic mass is 9.74. The Morgan fingerprint density at radius 3 is 2.71 bits per heavy atom. The van der Waals surface area contributed by atoms with Gasteiger partial charge in [0.25, 0.3) is 0 Å². The van der Waals surface area contributed by atoms with Gasteiger partial charge in [-0.3, -0.25) is 4.79 Å². The zero-order chi connectivity index (χ0) is 12.5. The van der Waals surface area contributed by atoms with Gasteiger partial charge in [-0.05, 0) is 52.9 Å². The number of carbonyl (C=O) groups is 1. The molecule has 0 atom stereocenters. The molecule has 1 saturated carbocycles. The Balaban J connectivity index is 1.95. The topological polar surface area (TPSA) is 43.1 Å². The second kappa shape index (κ2) is 4.86. The minimum absolute atomic E-state index is 0.130. The maximum atomic E-state index is 13.0. The SMILES string of the molecule is NC1(CC(=O)Cc2ccc(F)c(Br)c2)CCC1. The standard InChI is InChI=1S/C13H15BrFNO/c14-11-7-9(2-3-12(11)15)6-10(17)8-13(16)4-1-5-13/h2-3,7H,1,4-6,8,16H2. The smallest absolute Gasteiger partial charge is 0.139 e. The van der Waals surface area contributed by atoms with Crippen molar-refractivity contribution in [1.29, 1.82) is 0 Å². The molecule has 0 saturated heterocycles. The van der Waals surface area contributed by atoms with Crippen molar-refractivity contribution in [2.45, 2.75) is 37.6 Å². The van der Waals surface area contributed by atoms with Crippen LogP contribution < -0.4 is 5.73 Å². The van der Waals surface area contributed by atoms with Gasteiger partial charge in [-0.25, -0.2) is 4.39 Å². The molecule has 1 aliphatic rings. The third-order valence-electron chi connectivity index (χ3n) is 3.28. The monoisotopic (exact) mass is 299 g/mol. The summed E-state index contributed by atoms with van der Waals surface area (Å²) in [7, 11) is 0. The molecule has 2 N–H and O–H groups in total. The van der Waals surface area contributed by atoms with E-state index in [1.54, 1.807) is 12.1 Å². The number of ketones is 1. The van der Waals surface area contributed by atoms with Crippen LogP contribution in [-0.4, -0.2) is 11.3 Å². The lowest BCUT2D eigenvalue weighted by Gasteiger charge is -2.37. The van der Waals surface area contributed by atoms with Gasteiger partial charge in [-0.1, -0.05) is 6.07 Å². The summed E-state index contributed by atoms with van der Waals surface area (Å²) in [4.78, 5) is 11.8. The molecule has 0 aromatic heterocycles. The Hall–Kier alpha value is -0.740. The highest BCUT2D eigenvalue weighted by Gasteiger charge is 2.34. The Morgan fingerprint density at radius 1 is 1.47 bits per heavy atom. The molecule has 0 amide bonds. The van der Waals surface area contributed by atoms with E-state index in [0.29, 0.717) is 17.3 Å². The Labute approximate surface area is 109 Å². The van der Waals surface area contributed by atoms with Gasteiger partial charge in [0.2, 0.25) is 0 Å². The van der Waals surface area contributed by atoms with E-state index < -0.39 is 0 Å². The molecule has 0 spiro atoms. The summed E-state index contributed by atoms with van der Waals surface area (Å²) >= 11 is 3.11. The third-order valence-corrected chi connectivity index (χ3v) is 3.89. The molecule has 0 unspecified atom stereocenters. The van der Waals surface area contributed by atoms with Gasteiger partial charge in [0.15, 0.2) is 0 Å². The van der Waals surface area contributed by atoms with Gasteiger partial charge in [-0.2, -0.15) is 0 Å². The number of carbonyl (C=O) groups excluding carboxylic acids is 1. The Kier molecular flexibility index (Phi) is 3.64. The van der Waals surface area contributed by atoms with Crippen LogP contribution in [0.15, 0.2) is 22.7 Å². The van der Waals surface area contributed by atoms with Gasteiger partial charge >= 0.3 is 0 Å². The fourth-order valence-electron chi connectivity index (χ4n) is 2.14. The second-order valence-electron chi connectivity index (χ2n) is 4.86. The van der Waals surface area contributed by atoms with E-state index >= 15 is 0 Å². The maximum absolute atomic E-state index is 13.0. The quantitative estimate of drug-likeness (QED) is 0.929. The van der Waals surface area contributed by atoms with Crippen LogP contribution in [0.4, 0.5) is 4.39 Å². The van der Waals surface area contributed by atoms with Gasteiger partial charge in [0, 0.05) is 18.4 Å². The van der Waals surface area contributed by atoms with E-state index in [-0.39, 0.29) is 17.1 Å². The van der Waals surface area contributed by atoms with Crippen molar-refractivity contribution < 1.29 is 9.18 Å². The first-order valence-corrected chi connectivity index (χ1v) is 6.52. The van der Waals surface area contributed by atoms with Gasteiger partial charge in [0.1, 0.15) is 11.6 Å². The molecule has 92 valence electrons. The van der Waals surface area contributed by atoms with Crippen LogP contribution in [0.3, 0.4) is 0 Å². The third kappa shape index (κ3) is 3.13. The minimum atomic E-state index is -0.310. The van der Waals surface area contributed by atoms with E-state index in [0.717, 1.165) is 24.8 Å². The predicted molar refractivity (Wildman–Crippen MR) is 68.2 cm³/mol. The maximum Gasteiger partial charge on any atom is 0.139 e. The van der Waals surface area contributed by atoms with Crippen molar-refractivity contribution in [2.75, 3.05) is 0 Å².